The normalized spacial score (nSPS) is 16.9. The molecular formula is C17H14ClN5OS. The van der Waals surface area contributed by atoms with Crippen molar-refractivity contribution in [2.24, 2.45) is 0 Å². The maximum Gasteiger partial charge on any atom is 0.252 e. The lowest BCUT2D eigenvalue weighted by molar-refractivity contribution is -0.113. The first kappa shape index (κ1) is 16.1. The Kier molecular flexibility index (Phi) is 4.19. The van der Waals surface area contributed by atoms with E-state index in [2.05, 4.69) is 20.4 Å². The highest BCUT2D eigenvalue weighted by atomic mass is 35.5. The van der Waals surface area contributed by atoms with E-state index in [4.69, 9.17) is 11.6 Å². The number of anilines is 1. The molecule has 0 fully saturated rings. The van der Waals surface area contributed by atoms with E-state index < -0.39 is 0 Å². The highest BCUT2D eigenvalue weighted by molar-refractivity contribution is 8.00. The lowest BCUT2D eigenvalue weighted by Gasteiger charge is -2.15. The van der Waals surface area contributed by atoms with Crippen molar-refractivity contribution in [3.05, 3.63) is 64.6 Å². The van der Waals surface area contributed by atoms with Gasteiger partial charge in [0.15, 0.2) is 0 Å². The van der Waals surface area contributed by atoms with Gasteiger partial charge in [-0.05, 0) is 30.7 Å². The van der Waals surface area contributed by atoms with Crippen molar-refractivity contribution < 1.29 is 4.79 Å². The van der Waals surface area contributed by atoms with Crippen molar-refractivity contribution in [1.29, 1.82) is 0 Å². The van der Waals surface area contributed by atoms with Crippen LogP contribution in [0.2, 0.25) is 5.02 Å². The SMILES string of the molecule is Cc1nn(-c2ncccn2)c2c1C(c1ccc(Cl)cc1)SCC(=O)N2. The second kappa shape index (κ2) is 6.50. The molecule has 3 aromatic rings. The van der Waals surface area contributed by atoms with Crippen LogP contribution in [0.4, 0.5) is 5.82 Å². The van der Waals surface area contributed by atoms with E-state index in [9.17, 15) is 4.79 Å². The van der Waals surface area contributed by atoms with Crippen molar-refractivity contribution in [2.45, 2.75) is 12.2 Å². The zero-order valence-electron chi connectivity index (χ0n) is 13.3. The van der Waals surface area contributed by atoms with Crippen LogP contribution in [-0.2, 0) is 4.79 Å². The van der Waals surface area contributed by atoms with Crippen molar-refractivity contribution in [2.75, 3.05) is 11.1 Å². The minimum Gasteiger partial charge on any atom is -0.309 e. The third kappa shape index (κ3) is 3.01. The van der Waals surface area contributed by atoms with Gasteiger partial charge in [-0.2, -0.15) is 9.78 Å². The molecule has 8 heteroatoms. The predicted molar refractivity (Wildman–Crippen MR) is 98.3 cm³/mol. The molecule has 1 aromatic carbocycles. The average molecular weight is 372 g/mol. The molecule has 1 aliphatic rings. The summed E-state index contributed by atoms with van der Waals surface area (Å²) in [5.74, 6) is 1.34. The number of hydrogen-bond acceptors (Lipinski definition) is 5. The first-order valence-corrected chi connectivity index (χ1v) is 9.10. The number of nitrogens with zero attached hydrogens (tertiary/aromatic N) is 4. The molecule has 1 aliphatic heterocycles. The Morgan fingerprint density at radius 3 is 2.68 bits per heavy atom. The number of rotatable bonds is 2. The molecule has 0 bridgehead atoms. The fourth-order valence-electron chi connectivity index (χ4n) is 2.83. The highest BCUT2D eigenvalue weighted by Gasteiger charge is 2.31. The van der Waals surface area contributed by atoms with Crippen LogP contribution >= 0.6 is 23.4 Å². The van der Waals surface area contributed by atoms with Crippen LogP contribution in [0, 0.1) is 6.92 Å². The highest BCUT2D eigenvalue weighted by Crippen LogP contribution is 2.43. The molecular weight excluding hydrogens is 358 g/mol. The van der Waals surface area contributed by atoms with Gasteiger partial charge in [0.25, 0.3) is 5.95 Å². The van der Waals surface area contributed by atoms with Crippen LogP contribution in [0.3, 0.4) is 0 Å². The zero-order chi connectivity index (χ0) is 17.4. The maximum atomic E-state index is 12.2. The number of fused-ring (bicyclic) bond motifs is 1. The summed E-state index contributed by atoms with van der Waals surface area (Å²) in [7, 11) is 0. The molecule has 2 aromatic heterocycles. The Morgan fingerprint density at radius 1 is 1.24 bits per heavy atom. The van der Waals surface area contributed by atoms with E-state index >= 15 is 0 Å². The van der Waals surface area contributed by atoms with Crippen LogP contribution in [0.25, 0.3) is 5.95 Å². The molecule has 1 atom stereocenters. The number of aromatic nitrogens is 4. The standard InChI is InChI=1S/C17H14ClN5OS/c1-10-14-15(11-3-5-12(18)6-4-11)25-9-13(24)21-16(14)23(22-10)17-19-7-2-8-20-17/h2-8,15H,9H2,1H3,(H,21,24). The van der Waals surface area contributed by atoms with E-state index in [-0.39, 0.29) is 11.2 Å². The fraction of sp³-hybridized carbons (Fsp3) is 0.176. The first-order chi connectivity index (χ1) is 12.1. The Morgan fingerprint density at radius 2 is 1.96 bits per heavy atom. The fourth-order valence-corrected chi connectivity index (χ4v) is 4.14. The molecule has 3 heterocycles. The minimum absolute atomic E-state index is 0.0244. The maximum absolute atomic E-state index is 12.2. The number of thioether (sulfide) groups is 1. The Hall–Kier alpha value is -2.38. The number of halogens is 1. The molecule has 25 heavy (non-hydrogen) atoms. The Labute approximate surface area is 153 Å². The summed E-state index contributed by atoms with van der Waals surface area (Å²) < 4.78 is 1.59. The van der Waals surface area contributed by atoms with Crippen LogP contribution in [0.5, 0.6) is 0 Å². The summed E-state index contributed by atoms with van der Waals surface area (Å²) >= 11 is 7.58. The van der Waals surface area contributed by atoms with Gasteiger partial charge in [-0.25, -0.2) is 9.97 Å². The third-order valence-corrected chi connectivity index (χ3v) is 5.44. The molecule has 1 N–H and O–H groups in total. The first-order valence-electron chi connectivity index (χ1n) is 7.67. The molecule has 1 amide bonds. The summed E-state index contributed by atoms with van der Waals surface area (Å²) in [4.78, 5) is 20.7. The molecule has 0 spiro atoms. The summed E-state index contributed by atoms with van der Waals surface area (Å²) in [6.45, 7) is 1.93. The molecule has 0 radical (unpaired) electrons. The molecule has 126 valence electrons. The van der Waals surface area contributed by atoms with Gasteiger partial charge in [-0.1, -0.05) is 23.7 Å². The number of carbonyl (C=O) groups excluding carboxylic acids is 1. The van der Waals surface area contributed by atoms with Crippen molar-refractivity contribution in [1.82, 2.24) is 19.7 Å². The Bertz CT molecular complexity index is 926. The monoisotopic (exact) mass is 371 g/mol. The quantitative estimate of drug-likeness (QED) is 0.747. The van der Waals surface area contributed by atoms with Crippen molar-refractivity contribution >= 4 is 35.1 Å². The number of aryl methyl sites for hydroxylation is 1. The van der Waals surface area contributed by atoms with Gasteiger partial charge in [0.05, 0.1) is 16.7 Å². The number of hydrogen-bond donors (Lipinski definition) is 1. The van der Waals surface area contributed by atoms with Crippen LogP contribution < -0.4 is 5.32 Å². The van der Waals surface area contributed by atoms with Gasteiger partial charge in [-0.15, -0.1) is 11.8 Å². The smallest absolute Gasteiger partial charge is 0.252 e. The third-order valence-electron chi connectivity index (χ3n) is 3.92. The number of amides is 1. The van der Waals surface area contributed by atoms with Gasteiger partial charge in [0, 0.05) is 23.0 Å². The van der Waals surface area contributed by atoms with E-state index in [0.29, 0.717) is 22.5 Å². The minimum atomic E-state index is -0.0696. The van der Waals surface area contributed by atoms with Crippen LogP contribution in [0.1, 0.15) is 22.1 Å². The van der Waals surface area contributed by atoms with Crippen LogP contribution in [0.15, 0.2) is 42.7 Å². The molecule has 0 saturated heterocycles. The molecule has 4 rings (SSSR count). The van der Waals surface area contributed by atoms with E-state index in [1.165, 1.54) is 0 Å². The molecule has 0 aliphatic carbocycles. The summed E-state index contributed by atoms with van der Waals surface area (Å²) in [6, 6.07) is 9.42. The summed E-state index contributed by atoms with van der Waals surface area (Å²) in [6.07, 6.45) is 3.30. The van der Waals surface area contributed by atoms with Gasteiger partial charge >= 0.3 is 0 Å². The summed E-state index contributed by atoms with van der Waals surface area (Å²) in [5, 5.41) is 8.18. The second-order valence-electron chi connectivity index (χ2n) is 5.60. The number of nitrogens with one attached hydrogen (secondary N) is 1. The van der Waals surface area contributed by atoms with E-state index in [1.54, 1.807) is 34.9 Å². The summed E-state index contributed by atoms with van der Waals surface area (Å²) in [5.41, 5.74) is 2.87. The molecule has 6 nitrogen and oxygen atoms in total. The van der Waals surface area contributed by atoms with Crippen molar-refractivity contribution in [3.8, 4) is 5.95 Å². The zero-order valence-corrected chi connectivity index (χ0v) is 14.9. The lowest BCUT2D eigenvalue weighted by Crippen LogP contribution is -2.16. The largest absolute Gasteiger partial charge is 0.309 e. The molecule has 1 unspecified atom stereocenters. The number of carbonyl (C=O) groups is 1. The topological polar surface area (TPSA) is 72.7 Å². The van der Waals surface area contributed by atoms with Gasteiger partial charge in [0.1, 0.15) is 5.82 Å². The van der Waals surface area contributed by atoms with E-state index in [1.807, 2.05) is 31.2 Å². The lowest BCUT2D eigenvalue weighted by atomic mass is 10.0. The van der Waals surface area contributed by atoms with E-state index in [0.717, 1.165) is 16.8 Å². The van der Waals surface area contributed by atoms with Gasteiger partial charge in [-0.3, -0.25) is 4.79 Å². The average Bonchev–Trinajstić information content (AvgIpc) is 2.83. The van der Waals surface area contributed by atoms with Crippen LogP contribution in [-0.4, -0.2) is 31.4 Å². The predicted octanol–water partition coefficient (Wildman–Crippen LogP) is 3.40. The van der Waals surface area contributed by atoms with Crippen molar-refractivity contribution in [3.63, 3.8) is 0 Å². The van der Waals surface area contributed by atoms with Gasteiger partial charge in [0.2, 0.25) is 5.91 Å². The number of benzene rings is 1. The second-order valence-corrected chi connectivity index (χ2v) is 7.13. The molecule has 0 saturated carbocycles. The van der Waals surface area contributed by atoms with Gasteiger partial charge < -0.3 is 5.32 Å². The Balaban J connectivity index is 1.88.